The minimum atomic E-state index is -0.141. The Balaban J connectivity index is 1.93. The first kappa shape index (κ1) is 7.34. The van der Waals surface area contributed by atoms with Gasteiger partial charge in [0.25, 0.3) is 5.91 Å². The van der Waals surface area contributed by atoms with Crippen molar-refractivity contribution in [1.29, 1.82) is 0 Å². The molecule has 1 saturated carbocycles. The van der Waals surface area contributed by atoms with Gasteiger partial charge in [0.05, 0.1) is 0 Å². The number of hydrogen-bond acceptors (Lipinski definition) is 3. The topological polar surface area (TPSA) is 55.1 Å². The van der Waals surface area contributed by atoms with Crippen LogP contribution in [-0.2, 0) is 0 Å². The molecule has 0 saturated heterocycles. The average molecular weight is 166 g/mol. The first-order valence-electron chi connectivity index (χ1n) is 3.98. The van der Waals surface area contributed by atoms with E-state index in [9.17, 15) is 4.79 Å². The lowest BCUT2D eigenvalue weighted by Crippen LogP contribution is -2.26. The molecular weight excluding hydrogens is 156 g/mol. The Kier molecular flexibility index (Phi) is 1.60. The van der Waals surface area contributed by atoms with Gasteiger partial charge in [0, 0.05) is 12.1 Å². The van der Waals surface area contributed by atoms with Gasteiger partial charge in [0.1, 0.15) is 6.26 Å². The van der Waals surface area contributed by atoms with Crippen molar-refractivity contribution in [2.24, 2.45) is 5.92 Å². The van der Waals surface area contributed by atoms with Gasteiger partial charge in [0.2, 0.25) is 0 Å². The maximum absolute atomic E-state index is 11.3. The number of rotatable bonds is 2. The largest absolute Gasteiger partial charge is 0.364 e. The van der Waals surface area contributed by atoms with Gasteiger partial charge in [-0.15, -0.1) is 0 Å². The summed E-state index contributed by atoms with van der Waals surface area (Å²) in [6.07, 6.45) is 2.47. The number of hydrogen-bond donors (Lipinski definition) is 1. The second-order valence-electron chi connectivity index (χ2n) is 3.18. The van der Waals surface area contributed by atoms with Gasteiger partial charge in [-0.2, -0.15) is 0 Å². The molecule has 0 radical (unpaired) electrons. The summed E-state index contributed by atoms with van der Waals surface area (Å²) >= 11 is 0. The zero-order valence-electron chi connectivity index (χ0n) is 6.78. The van der Waals surface area contributed by atoms with E-state index in [1.807, 2.05) is 0 Å². The number of carbonyl (C=O) groups excluding carboxylic acids is 1. The molecule has 1 fully saturated rings. The Labute approximate surface area is 69.9 Å². The van der Waals surface area contributed by atoms with E-state index >= 15 is 0 Å². The minimum absolute atomic E-state index is 0.141. The van der Waals surface area contributed by atoms with Crippen LogP contribution in [0.3, 0.4) is 0 Å². The fourth-order valence-corrected chi connectivity index (χ4v) is 1.10. The molecule has 1 aromatic heterocycles. The van der Waals surface area contributed by atoms with Crippen molar-refractivity contribution in [2.45, 2.75) is 19.4 Å². The molecule has 2 atom stereocenters. The minimum Gasteiger partial charge on any atom is -0.364 e. The third kappa shape index (κ3) is 1.32. The van der Waals surface area contributed by atoms with E-state index in [2.05, 4.69) is 21.9 Å². The standard InChI is InChI=1S/C8H10N2O2/c1-5-4-7(5)9-8(11)6-2-3-12-10-6/h2-3,5,7H,4H2,1H3,(H,9,11)/t5-,7-/m1/s1. The summed E-state index contributed by atoms with van der Waals surface area (Å²) in [7, 11) is 0. The smallest absolute Gasteiger partial charge is 0.273 e. The molecule has 2 rings (SSSR count). The van der Waals surface area contributed by atoms with E-state index in [1.54, 1.807) is 6.07 Å². The van der Waals surface area contributed by atoms with Crippen LogP contribution in [0, 0.1) is 5.92 Å². The molecule has 0 spiro atoms. The van der Waals surface area contributed by atoms with Crippen LogP contribution < -0.4 is 5.32 Å². The SMILES string of the molecule is C[C@@H]1C[C@H]1NC(=O)c1ccon1. The van der Waals surface area contributed by atoms with Crippen molar-refractivity contribution in [1.82, 2.24) is 10.5 Å². The molecule has 4 nitrogen and oxygen atoms in total. The van der Waals surface area contributed by atoms with Crippen LogP contribution in [0.2, 0.25) is 0 Å². The number of nitrogens with zero attached hydrogens (tertiary/aromatic N) is 1. The van der Waals surface area contributed by atoms with Crippen LogP contribution in [0.15, 0.2) is 16.9 Å². The average Bonchev–Trinajstić information content (AvgIpc) is 2.58. The van der Waals surface area contributed by atoms with Crippen LogP contribution in [-0.4, -0.2) is 17.1 Å². The maximum atomic E-state index is 11.3. The lowest BCUT2D eigenvalue weighted by atomic mass is 10.4. The van der Waals surface area contributed by atoms with E-state index in [-0.39, 0.29) is 5.91 Å². The molecule has 0 bridgehead atoms. The molecule has 64 valence electrons. The van der Waals surface area contributed by atoms with Crippen molar-refractivity contribution in [3.8, 4) is 0 Å². The highest BCUT2D eigenvalue weighted by molar-refractivity contribution is 5.92. The quantitative estimate of drug-likeness (QED) is 0.707. The first-order chi connectivity index (χ1) is 5.77. The Hall–Kier alpha value is -1.32. The Morgan fingerprint density at radius 2 is 2.58 bits per heavy atom. The molecule has 1 aromatic rings. The second kappa shape index (κ2) is 2.62. The van der Waals surface area contributed by atoms with Crippen LogP contribution in [0.1, 0.15) is 23.8 Å². The predicted octanol–water partition coefficient (Wildman–Crippen LogP) is 0.813. The second-order valence-corrected chi connectivity index (χ2v) is 3.18. The van der Waals surface area contributed by atoms with Gasteiger partial charge in [-0.05, 0) is 12.3 Å². The van der Waals surface area contributed by atoms with Crippen LogP contribution in [0.25, 0.3) is 0 Å². The number of nitrogens with one attached hydrogen (secondary N) is 1. The summed E-state index contributed by atoms with van der Waals surface area (Å²) in [6.45, 7) is 2.10. The molecule has 0 unspecified atom stereocenters. The van der Waals surface area contributed by atoms with Crippen molar-refractivity contribution < 1.29 is 9.32 Å². The number of aromatic nitrogens is 1. The lowest BCUT2D eigenvalue weighted by molar-refractivity contribution is 0.0940. The van der Waals surface area contributed by atoms with E-state index in [0.29, 0.717) is 17.7 Å². The van der Waals surface area contributed by atoms with Gasteiger partial charge in [-0.25, -0.2) is 0 Å². The van der Waals surface area contributed by atoms with Crippen molar-refractivity contribution >= 4 is 5.91 Å². The summed E-state index contributed by atoms with van der Waals surface area (Å²) in [5.41, 5.74) is 0.356. The molecule has 1 N–H and O–H groups in total. The highest BCUT2D eigenvalue weighted by Crippen LogP contribution is 2.29. The molecule has 1 aliphatic rings. The third-order valence-electron chi connectivity index (χ3n) is 2.10. The van der Waals surface area contributed by atoms with Crippen LogP contribution in [0.4, 0.5) is 0 Å². The summed E-state index contributed by atoms with van der Waals surface area (Å²) in [5.74, 6) is 0.471. The van der Waals surface area contributed by atoms with Gasteiger partial charge < -0.3 is 9.84 Å². The van der Waals surface area contributed by atoms with E-state index in [4.69, 9.17) is 0 Å². The highest BCUT2D eigenvalue weighted by Gasteiger charge is 2.34. The van der Waals surface area contributed by atoms with Gasteiger partial charge >= 0.3 is 0 Å². The summed E-state index contributed by atoms with van der Waals surface area (Å²) in [5, 5.41) is 6.38. The molecule has 1 heterocycles. The molecule has 0 aliphatic heterocycles. The summed E-state index contributed by atoms with van der Waals surface area (Å²) in [4.78, 5) is 11.3. The van der Waals surface area contributed by atoms with Crippen LogP contribution >= 0.6 is 0 Å². The molecule has 4 heteroatoms. The fraction of sp³-hybridized carbons (Fsp3) is 0.500. The van der Waals surface area contributed by atoms with Gasteiger partial charge in [-0.1, -0.05) is 12.1 Å². The number of carbonyl (C=O) groups is 1. The molecule has 0 aromatic carbocycles. The molecule has 12 heavy (non-hydrogen) atoms. The Morgan fingerprint density at radius 3 is 3.08 bits per heavy atom. The van der Waals surface area contributed by atoms with Gasteiger partial charge in [0.15, 0.2) is 5.69 Å². The van der Waals surface area contributed by atoms with Crippen molar-refractivity contribution in [2.75, 3.05) is 0 Å². The molecule has 1 amide bonds. The maximum Gasteiger partial charge on any atom is 0.273 e. The van der Waals surface area contributed by atoms with E-state index in [0.717, 1.165) is 6.42 Å². The van der Waals surface area contributed by atoms with Gasteiger partial charge in [-0.3, -0.25) is 4.79 Å². The fourth-order valence-electron chi connectivity index (χ4n) is 1.10. The summed E-state index contributed by atoms with van der Waals surface area (Å²) in [6, 6.07) is 1.90. The predicted molar refractivity (Wildman–Crippen MR) is 41.5 cm³/mol. The Bertz CT molecular complexity index is 281. The van der Waals surface area contributed by atoms with E-state index in [1.165, 1.54) is 6.26 Å². The monoisotopic (exact) mass is 166 g/mol. The lowest BCUT2D eigenvalue weighted by Gasteiger charge is -1.98. The normalized spacial score (nSPS) is 26.8. The molecular formula is C8H10N2O2. The van der Waals surface area contributed by atoms with Crippen molar-refractivity contribution in [3.63, 3.8) is 0 Å². The third-order valence-corrected chi connectivity index (χ3v) is 2.10. The Morgan fingerprint density at radius 1 is 1.83 bits per heavy atom. The molecule has 1 aliphatic carbocycles. The summed E-state index contributed by atoms with van der Waals surface area (Å²) < 4.78 is 4.55. The van der Waals surface area contributed by atoms with Crippen molar-refractivity contribution in [3.05, 3.63) is 18.0 Å². The number of amides is 1. The zero-order chi connectivity index (χ0) is 8.55. The zero-order valence-corrected chi connectivity index (χ0v) is 6.78. The van der Waals surface area contributed by atoms with Crippen LogP contribution in [0.5, 0.6) is 0 Å². The first-order valence-corrected chi connectivity index (χ1v) is 3.98. The van der Waals surface area contributed by atoms with E-state index < -0.39 is 0 Å². The highest BCUT2D eigenvalue weighted by atomic mass is 16.5.